The molecule has 0 aliphatic heterocycles. The lowest BCUT2D eigenvalue weighted by Gasteiger charge is -2.12. The standard InChI is InChI=1S/C12H15F3O/c1-8(2)4-10-5-9(3)6-11(7-10)16-12(13,14)15/h5-8H,4H2,1-3H3. The number of benzene rings is 1. The zero-order valence-electron chi connectivity index (χ0n) is 9.56. The van der Waals surface area contributed by atoms with Crippen molar-refractivity contribution in [3.05, 3.63) is 29.3 Å². The van der Waals surface area contributed by atoms with Crippen LogP contribution in [-0.2, 0) is 6.42 Å². The highest BCUT2D eigenvalue weighted by Crippen LogP contribution is 2.25. The van der Waals surface area contributed by atoms with Crippen LogP contribution < -0.4 is 4.74 Å². The van der Waals surface area contributed by atoms with E-state index in [0.717, 1.165) is 17.5 Å². The fourth-order valence-electron chi connectivity index (χ4n) is 1.61. The van der Waals surface area contributed by atoms with Crippen LogP contribution in [0.4, 0.5) is 13.2 Å². The largest absolute Gasteiger partial charge is 0.573 e. The van der Waals surface area contributed by atoms with Crippen LogP contribution in [0.1, 0.15) is 25.0 Å². The zero-order chi connectivity index (χ0) is 12.3. The predicted molar refractivity (Wildman–Crippen MR) is 56.4 cm³/mol. The van der Waals surface area contributed by atoms with Crippen LogP contribution >= 0.6 is 0 Å². The van der Waals surface area contributed by atoms with Crippen molar-refractivity contribution >= 4 is 0 Å². The number of hydrogen-bond acceptors (Lipinski definition) is 1. The molecule has 0 saturated carbocycles. The van der Waals surface area contributed by atoms with Gasteiger partial charge in [0.2, 0.25) is 0 Å². The predicted octanol–water partition coefficient (Wildman–Crippen LogP) is 4.09. The quantitative estimate of drug-likeness (QED) is 0.762. The third kappa shape index (κ3) is 4.55. The van der Waals surface area contributed by atoms with Gasteiger partial charge in [0.1, 0.15) is 5.75 Å². The minimum absolute atomic E-state index is 0.136. The molecular formula is C12H15F3O. The maximum Gasteiger partial charge on any atom is 0.573 e. The SMILES string of the molecule is Cc1cc(CC(C)C)cc(OC(F)(F)F)c1. The van der Waals surface area contributed by atoms with Crippen molar-refractivity contribution in [3.63, 3.8) is 0 Å². The first-order valence-corrected chi connectivity index (χ1v) is 5.12. The van der Waals surface area contributed by atoms with Gasteiger partial charge in [0.15, 0.2) is 0 Å². The Morgan fingerprint density at radius 1 is 1.19 bits per heavy atom. The lowest BCUT2D eigenvalue weighted by atomic mass is 10.0. The fourth-order valence-corrected chi connectivity index (χ4v) is 1.61. The molecule has 0 saturated heterocycles. The zero-order valence-corrected chi connectivity index (χ0v) is 9.56. The number of halogens is 3. The molecule has 1 rings (SSSR count). The number of aryl methyl sites for hydroxylation is 1. The smallest absolute Gasteiger partial charge is 0.406 e. The van der Waals surface area contributed by atoms with E-state index in [1.165, 1.54) is 12.1 Å². The van der Waals surface area contributed by atoms with E-state index in [1.807, 2.05) is 19.9 Å². The van der Waals surface area contributed by atoms with Crippen molar-refractivity contribution < 1.29 is 17.9 Å². The molecule has 0 aliphatic carbocycles. The van der Waals surface area contributed by atoms with Gasteiger partial charge in [-0.05, 0) is 42.5 Å². The highest BCUT2D eigenvalue weighted by Gasteiger charge is 2.31. The maximum atomic E-state index is 12.0. The molecule has 1 aromatic rings. The minimum Gasteiger partial charge on any atom is -0.406 e. The van der Waals surface area contributed by atoms with Gasteiger partial charge in [-0.3, -0.25) is 0 Å². The van der Waals surface area contributed by atoms with Crippen molar-refractivity contribution in [3.8, 4) is 5.75 Å². The molecule has 0 fully saturated rings. The minimum atomic E-state index is -4.62. The summed E-state index contributed by atoms with van der Waals surface area (Å²) in [6.45, 7) is 5.80. The van der Waals surface area contributed by atoms with Gasteiger partial charge >= 0.3 is 6.36 Å². The third-order valence-corrected chi connectivity index (χ3v) is 1.99. The molecule has 0 unspecified atom stereocenters. The lowest BCUT2D eigenvalue weighted by Crippen LogP contribution is -2.17. The molecule has 0 aromatic heterocycles. The van der Waals surface area contributed by atoms with Gasteiger partial charge in [-0.1, -0.05) is 19.9 Å². The van der Waals surface area contributed by atoms with Gasteiger partial charge in [-0.25, -0.2) is 0 Å². The summed E-state index contributed by atoms with van der Waals surface area (Å²) in [5.74, 6) is 0.267. The Hall–Kier alpha value is -1.19. The highest BCUT2D eigenvalue weighted by molar-refractivity contribution is 5.34. The van der Waals surface area contributed by atoms with Crippen LogP contribution in [0.15, 0.2) is 18.2 Å². The van der Waals surface area contributed by atoms with E-state index < -0.39 is 6.36 Å². The summed E-state index contributed by atoms with van der Waals surface area (Å²) in [5.41, 5.74) is 1.65. The summed E-state index contributed by atoms with van der Waals surface area (Å²) in [6.07, 6.45) is -3.88. The Kier molecular flexibility index (Phi) is 3.83. The number of alkyl halides is 3. The van der Waals surface area contributed by atoms with Gasteiger partial charge in [0.25, 0.3) is 0 Å². The molecule has 0 amide bonds. The molecule has 0 atom stereocenters. The van der Waals surface area contributed by atoms with Crippen molar-refractivity contribution in [1.29, 1.82) is 0 Å². The van der Waals surface area contributed by atoms with E-state index in [1.54, 1.807) is 6.92 Å². The van der Waals surface area contributed by atoms with Crippen LogP contribution in [0.25, 0.3) is 0 Å². The molecule has 0 N–H and O–H groups in total. The number of hydrogen-bond donors (Lipinski definition) is 0. The maximum absolute atomic E-state index is 12.0. The molecule has 16 heavy (non-hydrogen) atoms. The van der Waals surface area contributed by atoms with Crippen molar-refractivity contribution in [1.82, 2.24) is 0 Å². The van der Waals surface area contributed by atoms with Crippen molar-refractivity contribution in [2.75, 3.05) is 0 Å². The molecule has 0 bridgehead atoms. The molecule has 0 radical (unpaired) electrons. The molecule has 0 spiro atoms. The van der Waals surface area contributed by atoms with E-state index in [0.29, 0.717) is 5.92 Å². The second-order valence-electron chi connectivity index (χ2n) is 4.30. The van der Waals surface area contributed by atoms with Gasteiger partial charge in [0.05, 0.1) is 0 Å². The Bertz CT molecular complexity index is 356. The molecule has 0 heterocycles. The van der Waals surface area contributed by atoms with E-state index >= 15 is 0 Å². The first-order chi connectivity index (χ1) is 7.26. The monoisotopic (exact) mass is 232 g/mol. The van der Waals surface area contributed by atoms with Crippen LogP contribution in [0, 0.1) is 12.8 Å². The van der Waals surface area contributed by atoms with E-state index in [-0.39, 0.29) is 5.75 Å². The average Bonchev–Trinajstić information content (AvgIpc) is 1.96. The summed E-state index contributed by atoms with van der Waals surface area (Å²) in [5, 5.41) is 0. The summed E-state index contributed by atoms with van der Waals surface area (Å²) >= 11 is 0. The second-order valence-corrected chi connectivity index (χ2v) is 4.30. The Morgan fingerprint density at radius 3 is 2.31 bits per heavy atom. The summed E-state index contributed by atoms with van der Waals surface area (Å²) < 4.78 is 40.0. The molecule has 1 aromatic carbocycles. The third-order valence-electron chi connectivity index (χ3n) is 1.99. The van der Waals surface area contributed by atoms with Gasteiger partial charge in [0, 0.05) is 0 Å². The average molecular weight is 232 g/mol. The highest BCUT2D eigenvalue weighted by atomic mass is 19.4. The first kappa shape index (κ1) is 12.9. The van der Waals surface area contributed by atoms with Gasteiger partial charge < -0.3 is 4.74 Å². The summed E-state index contributed by atoms with van der Waals surface area (Å²) in [7, 11) is 0. The van der Waals surface area contributed by atoms with E-state index in [4.69, 9.17) is 0 Å². The van der Waals surface area contributed by atoms with Crippen LogP contribution in [0.3, 0.4) is 0 Å². The van der Waals surface area contributed by atoms with Crippen LogP contribution in [-0.4, -0.2) is 6.36 Å². The van der Waals surface area contributed by atoms with Crippen molar-refractivity contribution in [2.45, 2.75) is 33.6 Å². The number of ether oxygens (including phenoxy) is 1. The van der Waals surface area contributed by atoms with Gasteiger partial charge in [-0.2, -0.15) is 0 Å². The molecule has 90 valence electrons. The van der Waals surface area contributed by atoms with Gasteiger partial charge in [-0.15, -0.1) is 13.2 Å². The van der Waals surface area contributed by atoms with Crippen LogP contribution in [0.2, 0.25) is 0 Å². The summed E-state index contributed by atoms with van der Waals surface area (Å²) in [6, 6.07) is 4.71. The molecular weight excluding hydrogens is 217 g/mol. The second kappa shape index (κ2) is 4.76. The molecule has 0 aliphatic rings. The number of rotatable bonds is 3. The Labute approximate surface area is 93.2 Å². The Morgan fingerprint density at radius 2 is 1.81 bits per heavy atom. The fraction of sp³-hybridized carbons (Fsp3) is 0.500. The normalized spacial score (nSPS) is 11.9. The van der Waals surface area contributed by atoms with E-state index in [2.05, 4.69) is 4.74 Å². The molecule has 1 nitrogen and oxygen atoms in total. The van der Waals surface area contributed by atoms with Crippen molar-refractivity contribution in [2.24, 2.45) is 5.92 Å². The first-order valence-electron chi connectivity index (χ1n) is 5.12. The molecule has 4 heteroatoms. The summed E-state index contributed by atoms with van der Waals surface area (Å²) in [4.78, 5) is 0. The topological polar surface area (TPSA) is 9.23 Å². The van der Waals surface area contributed by atoms with E-state index in [9.17, 15) is 13.2 Å². The van der Waals surface area contributed by atoms with Crippen LogP contribution in [0.5, 0.6) is 5.75 Å². The Balaban J connectivity index is 2.90. The lowest BCUT2D eigenvalue weighted by molar-refractivity contribution is -0.274.